The fourth-order valence-electron chi connectivity index (χ4n) is 3.03. The monoisotopic (exact) mass is 361 g/mol. The summed E-state index contributed by atoms with van der Waals surface area (Å²) in [6.45, 7) is 0. The molecule has 0 N–H and O–H groups in total. The first-order valence-corrected chi connectivity index (χ1v) is 8.03. The molecule has 0 spiro atoms. The van der Waals surface area contributed by atoms with E-state index in [1.165, 1.54) is 24.2 Å². The Bertz CT molecular complexity index is 453. The molecule has 0 aromatic carbocycles. The molecule has 2 nitrogen and oxygen atoms in total. The Morgan fingerprint density at radius 2 is 1.68 bits per heavy atom. The molecule has 2 bridgehead atoms. The first kappa shape index (κ1) is 16.0. The van der Waals surface area contributed by atoms with Crippen molar-refractivity contribution >= 4 is 58.5 Å². The van der Waals surface area contributed by atoms with Crippen LogP contribution in [0.2, 0.25) is 14.4 Å². The Morgan fingerprint density at radius 3 is 2.16 bits per heavy atom. The van der Waals surface area contributed by atoms with Crippen molar-refractivity contribution in [2.45, 2.75) is 43.9 Å². The maximum Gasteiger partial charge on any atom is 0.196 e. The summed E-state index contributed by atoms with van der Waals surface area (Å²) in [7, 11) is 2.21. The quantitative estimate of drug-likeness (QED) is 0.722. The predicted octanol–water partition coefficient (Wildman–Crippen LogP) is 5.13. The minimum absolute atomic E-state index is 0. The molecule has 1 unspecified atom stereocenters. The van der Waals surface area contributed by atoms with Crippen LogP contribution in [-0.4, -0.2) is 30.1 Å². The number of nitrogens with zero attached hydrogens (tertiary/aromatic N) is 1. The van der Waals surface area contributed by atoms with E-state index < -0.39 is 0 Å². The maximum atomic E-state index is 6.11. The van der Waals surface area contributed by atoms with Crippen LogP contribution in [0.3, 0.4) is 0 Å². The Morgan fingerprint density at radius 1 is 1.11 bits per heavy atom. The summed E-state index contributed by atoms with van der Waals surface area (Å²) in [5, 5.41) is 1.53. The molecule has 1 aromatic heterocycles. The number of rotatable bonds is 2. The third kappa shape index (κ3) is 2.97. The highest BCUT2D eigenvalue weighted by molar-refractivity contribution is 7.19. The van der Waals surface area contributed by atoms with E-state index in [0.29, 0.717) is 31.5 Å². The van der Waals surface area contributed by atoms with E-state index in [-0.39, 0.29) is 18.5 Å². The summed E-state index contributed by atoms with van der Waals surface area (Å²) < 4.78 is 6.51. The zero-order valence-electron chi connectivity index (χ0n) is 10.4. The Hall–Kier alpha value is 0.620. The van der Waals surface area contributed by atoms with E-state index in [9.17, 15) is 0 Å². The average molecular weight is 363 g/mol. The molecule has 19 heavy (non-hydrogen) atoms. The van der Waals surface area contributed by atoms with E-state index in [4.69, 9.17) is 39.5 Å². The number of halogens is 4. The van der Waals surface area contributed by atoms with E-state index in [2.05, 4.69) is 11.9 Å². The van der Waals surface area contributed by atoms with Crippen LogP contribution in [0.4, 0.5) is 0 Å². The number of hydrogen-bond donors (Lipinski definition) is 0. The van der Waals surface area contributed by atoms with Crippen LogP contribution >= 0.6 is 58.5 Å². The fraction of sp³-hybridized carbons (Fsp3) is 0.667. The second-order valence-corrected chi connectivity index (χ2v) is 7.39. The second kappa shape index (κ2) is 6.17. The Kier molecular flexibility index (Phi) is 5.19. The van der Waals surface area contributed by atoms with Gasteiger partial charge in [0.05, 0.1) is 5.02 Å². The lowest BCUT2D eigenvalue weighted by atomic mass is 10.0. The van der Waals surface area contributed by atoms with Crippen molar-refractivity contribution in [2.24, 2.45) is 0 Å². The third-order valence-electron chi connectivity index (χ3n) is 4.06. The van der Waals surface area contributed by atoms with E-state index in [1.54, 1.807) is 0 Å². The number of thiophene rings is 1. The fourth-order valence-corrected chi connectivity index (χ4v) is 4.68. The molecule has 2 saturated heterocycles. The van der Waals surface area contributed by atoms with Crippen LogP contribution in [0, 0.1) is 0 Å². The summed E-state index contributed by atoms with van der Waals surface area (Å²) in [5.74, 6) is 0. The molecule has 3 heterocycles. The van der Waals surface area contributed by atoms with Gasteiger partial charge in [0.1, 0.15) is 15.5 Å². The van der Waals surface area contributed by atoms with E-state index in [0.717, 1.165) is 12.8 Å². The molecule has 7 heteroatoms. The van der Waals surface area contributed by atoms with Crippen molar-refractivity contribution in [1.82, 2.24) is 4.90 Å². The van der Waals surface area contributed by atoms with Crippen molar-refractivity contribution in [3.05, 3.63) is 14.4 Å². The number of fused-ring (bicyclic) bond motifs is 2. The van der Waals surface area contributed by atoms with Gasteiger partial charge in [0.15, 0.2) is 5.06 Å². The molecule has 1 aromatic rings. The molecule has 108 valence electrons. The summed E-state index contributed by atoms with van der Waals surface area (Å²) in [6, 6.07) is 1.30. The lowest BCUT2D eigenvalue weighted by molar-refractivity contribution is 0.0686. The lowest BCUT2D eigenvalue weighted by Gasteiger charge is -2.36. The lowest BCUT2D eigenvalue weighted by Crippen LogP contribution is -2.43. The van der Waals surface area contributed by atoms with Crippen LogP contribution < -0.4 is 4.74 Å². The van der Waals surface area contributed by atoms with Gasteiger partial charge in [-0.25, -0.2) is 0 Å². The van der Waals surface area contributed by atoms with Gasteiger partial charge in [-0.05, 0) is 32.7 Å². The van der Waals surface area contributed by atoms with Crippen LogP contribution in [0.15, 0.2) is 0 Å². The molecule has 0 radical (unpaired) electrons. The SMILES string of the molecule is CN1[C@@H]2CC[C@H]1CC(Oc1sc(Cl)c(Cl)c1Cl)C2.Cl. The van der Waals surface area contributed by atoms with E-state index in [1.807, 2.05) is 0 Å². The summed E-state index contributed by atoms with van der Waals surface area (Å²) in [5.41, 5.74) is 0. The van der Waals surface area contributed by atoms with E-state index >= 15 is 0 Å². The molecule has 2 fully saturated rings. The van der Waals surface area contributed by atoms with Gasteiger partial charge >= 0.3 is 0 Å². The molecule has 0 aliphatic carbocycles. The maximum absolute atomic E-state index is 6.11. The molecule has 0 saturated carbocycles. The first-order chi connectivity index (χ1) is 8.56. The van der Waals surface area contributed by atoms with Gasteiger partial charge in [-0.3, -0.25) is 0 Å². The minimum Gasteiger partial charge on any atom is -0.479 e. The smallest absolute Gasteiger partial charge is 0.196 e. The molecule has 0 amide bonds. The number of piperidine rings is 1. The molecular formula is C12H15Cl4NOS. The summed E-state index contributed by atoms with van der Waals surface area (Å²) in [4.78, 5) is 2.48. The highest BCUT2D eigenvalue weighted by Gasteiger charge is 2.39. The van der Waals surface area contributed by atoms with Crippen LogP contribution in [0.5, 0.6) is 5.06 Å². The molecular weight excluding hydrogens is 348 g/mol. The minimum atomic E-state index is 0. The van der Waals surface area contributed by atoms with Crippen molar-refractivity contribution in [2.75, 3.05) is 7.05 Å². The van der Waals surface area contributed by atoms with Crippen molar-refractivity contribution in [3.8, 4) is 5.06 Å². The van der Waals surface area contributed by atoms with Gasteiger partial charge < -0.3 is 9.64 Å². The molecule has 2 aliphatic heterocycles. The molecule has 2 aliphatic rings. The van der Waals surface area contributed by atoms with Crippen molar-refractivity contribution in [1.29, 1.82) is 0 Å². The van der Waals surface area contributed by atoms with Gasteiger partial charge in [0.2, 0.25) is 0 Å². The average Bonchev–Trinajstić information content (AvgIpc) is 2.71. The normalized spacial score (nSPS) is 30.2. The second-order valence-electron chi connectivity index (χ2n) is 5.05. The third-order valence-corrected chi connectivity index (χ3v) is 6.50. The van der Waals surface area contributed by atoms with Gasteiger partial charge in [-0.2, -0.15) is 0 Å². The Labute approximate surface area is 138 Å². The zero-order valence-corrected chi connectivity index (χ0v) is 14.3. The van der Waals surface area contributed by atoms with Crippen molar-refractivity contribution < 1.29 is 4.74 Å². The predicted molar refractivity (Wildman–Crippen MR) is 84.8 cm³/mol. The standard InChI is InChI=1S/C12H14Cl3NOS.ClH/c1-16-6-2-3-7(16)5-8(4-6)17-12-10(14)9(13)11(15)18-12;/h6-8H,2-5H2,1H3;1H/t6-,7+,8?;. The first-order valence-electron chi connectivity index (χ1n) is 6.08. The summed E-state index contributed by atoms with van der Waals surface area (Å²) in [6.07, 6.45) is 4.93. The van der Waals surface area contributed by atoms with Gasteiger partial charge in [0.25, 0.3) is 0 Å². The van der Waals surface area contributed by atoms with Gasteiger partial charge in [0, 0.05) is 12.1 Å². The largest absolute Gasteiger partial charge is 0.479 e. The van der Waals surface area contributed by atoms with Crippen LogP contribution in [0.1, 0.15) is 25.7 Å². The topological polar surface area (TPSA) is 12.5 Å². The van der Waals surface area contributed by atoms with Gasteiger partial charge in [-0.1, -0.05) is 46.1 Å². The highest BCUT2D eigenvalue weighted by atomic mass is 35.5. The molecule has 3 rings (SSSR count). The van der Waals surface area contributed by atoms with Crippen molar-refractivity contribution in [3.63, 3.8) is 0 Å². The van der Waals surface area contributed by atoms with Gasteiger partial charge in [-0.15, -0.1) is 12.4 Å². The highest BCUT2D eigenvalue weighted by Crippen LogP contribution is 2.47. The number of hydrogen-bond acceptors (Lipinski definition) is 3. The Balaban J connectivity index is 0.00000133. The molecule has 3 atom stereocenters. The van der Waals surface area contributed by atoms with Crippen LogP contribution in [-0.2, 0) is 0 Å². The zero-order chi connectivity index (χ0) is 12.9. The van der Waals surface area contributed by atoms with Crippen LogP contribution in [0.25, 0.3) is 0 Å². The number of ether oxygens (including phenoxy) is 1. The summed E-state index contributed by atoms with van der Waals surface area (Å²) >= 11 is 19.4.